The number of hydrogen-bond donors (Lipinski definition) is 1. The first-order valence-corrected chi connectivity index (χ1v) is 5.27. The topological polar surface area (TPSA) is 43.8 Å². The van der Waals surface area contributed by atoms with E-state index in [4.69, 9.17) is 12.2 Å². The van der Waals surface area contributed by atoms with Crippen LogP contribution in [0.25, 0.3) is 0 Å². The summed E-state index contributed by atoms with van der Waals surface area (Å²) in [6, 6.07) is 0.0621. The molecular weight excluding hydrogens is 186 g/mol. The Balaban J connectivity index is 2.73. The fourth-order valence-corrected chi connectivity index (χ4v) is 1.89. The molecule has 0 radical (unpaired) electrons. The van der Waals surface area contributed by atoms with Crippen molar-refractivity contribution in [1.29, 1.82) is 0 Å². The van der Waals surface area contributed by atoms with Crippen molar-refractivity contribution in [3.8, 4) is 12.3 Å². The predicted molar refractivity (Wildman–Crippen MR) is 62.3 cm³/mol. The third-order valence-corrected chi connectivity index (χ3v) is 2.77. The van der Waals surface area contributed by atoms with Gasteiger partial charge in [-0.05, 0) is 26.7 Å². The number of aryl methyl sites for hydroxylation is 2. The molecule has 0 spiro atoms. The summed E-state index contributed by atoms with van der Waals surface area (Å²) in [7, 11) is 1.94. The van der Waals surface area contributed by atoms with Gasteiger partial charge >= 0.3 is 0 Å². The molecule has 1 rings (SSSR count). The third-order valence-electron chi connectivity index (χ3n) is 2.77. The average molecular weight is 205 g/mol. The van der Waals surface area contributed by atoms with Gasteiger partial charge in [0.05, 0.1) is 5.69 Å². The van der Waals surface area contributed by atoms with Crippen molar-refractivity contribution in [2.45, 2.75) is 39.2 Å². The molecule has 1 aromatic heterocycles. The van der Waals surface area contributed by atoms with Crippen LogP contribution in [0.1, 0.15) is 42.3 Å². The fraction of sp³-hybridized carbons (Fsp3) is 0.583. The molecule has 0 bridgehead atoms. The zero-order valence-corrected chi connectivity index (χ0v) is 9.75. The maximum atomic E-state index is 6.13. The standard InChI is InChI=1S/C12H19N3/c1-5-6-7-8-11(13)12-9(2)14-15(4)10(12)3/h1,11H,6-8,13H2,2-4H3. The van der Waals surface area contributed by atoms with Crippen LogP contribution in [0.15, 0.2) is 0 Å². The predicted octanol–water partition coefficient (Wildman–Crippen LogP) is 1.84. The molecule has 1 aromatic rings. The Kier molecular flexibility index (Phi) is 3.93. The normalized spacial score (nSPS) is 12.5. The molecule has 1 unspecified atom stereocenters. The molecule has 0 amide bonds. The van der Waals surface area contributed by atoms with Crippen molar-refractivity contribution in [1.82, 2.24) is 9.78 Å². The van der Waals surface area contributed by atoms with Crippen LogP contribution < -0.4 is 5.73 Å². The Morgan fingerprint density at radius 3 is 2.67 bits per heavy atom. The molecule has 0 aliphatic heterocycles. The lowest BCUT2D eigenvalue weighted by atomic mass is 10.0. The SMILES string of the molecule is C#CCCCC(N)c1c(C)nn(C)c1C. The second kappa shape index (κ2) is 4.99. The average Bonchev–Trinajstić information content (AvgIpc) is 2.41. The maximum Gasteiger partial charge on any atom is 0.0644 e. The summed E-state index contributed by atoms with van der Waals surface area (Å²) in [6.07, 6.45) is 7.91. The first kappa shape index (κ1) is 11.8. The molecular formula is C12H19N3. The second-order valence-electron chi connectivity index (χ2n) is 3.91. The lowest BCUT2D eigenvalue weighted by molar-refractivity contribution is 0.613. The molecule has 3 heteroatoms. The highest BCUT2D eigenvalue weighted by atomic mass is 15.3. The highest BCUT2D eigenvalue weighted by Gasteiger charge is 2.15. The third kappa shape index (κ3) is 2.60. The molecule has 82 valence electrons. The first-order chi connectivity index (χ1) is 7.07. The number of nitrogens with two attached hydrogens (primary N) is 1. The van der Waals surface area contributed by atoms with Crippen molar-refractivity contribution >= 4 is 0 Å². The van der Waals surface area contributed by atoms with E-state index in [-0.39, 0.29) is 6.04 Å². The van der Waals surface area contributed by atoms with E-state index < -0.39 is 0 Å². The van der Waals surface area contributed by atoms with Crippen molar-refractivity contribution in [3.63, 3.8) is 0 Å². The number of terminal acetylenes is 1. The summed E-state index contributed by atoms with van der Waals surface area (Å²) in [5.74, 6) is 2.63. The van der Waals surface area contributed by atoms with Crippen molar-refractivity contribution < 1.29 is 0 Å². The Labute approximate surface area is 91.7 Å². The van der Waals surface area contributed by atoms with Gasteiger partial charge in [-0.3, -0.25) is 4.68 Å². The van der Waals surface area contributed by atoms with E-state index in [2.05, 4.69) is 17.9 Å². The van der Waals surface area contributed by atoms with Gasteiger partial charge in [-0.2, -0.15) is 5.10 Å². The molecule has 0 saturated carbocycles. The summed E-state index contributed by atoms with van der Waals surface area (Å²) in [5.41, 5.74) is 9.49. The van der Waals surface area contributed by atoms with Gasteiger partial charge in [-0.25, -0.2) is 0 Å². The molecule has 1 heterocycles. The van der Waals surface area contributed by atoms with Gasteiger partial charge in [-0.1, -0.05) is 0 Å². The molecule has 2 N–H and O–H groups in total. The Morgan fingerprint density at radius 2 is 2.20 bits per heavy atom. The monoisotopic (exact) mass is 205 g/mol. The van der Waals surface area contributed by atoms with Crippen LogP contribution in [0.4, 0.5) is 0 Å². The quantitative estimate of drug-likeness (QED) is 0.602. The van der Waals surface area contributed by atoms with E-state index in [1.807, 2.05) is 18.7 Å². The highest BCUT2D eigenvalue weighted by Crippen LogP contribution is 2.23. The van der Waals surface area contributed by atoms with E-state index in [1.165, 1.54) is 5.56 Å². The Bertz CT molecular complexity index is 371. The molecule has 3 nitrogen and oxygen atoms in total. The molecule has 0 aromatic carbocycles. The Morgan fingerprint density at radius 1 is 1.53 bits per heavy atom. The van der Waals surface area contributed by atoms with Gasteiger partial charge in [0.25, 0.3) is 0 Å². The van der Waals surface area contributed by atoms with Crippen molar-refractivity contribution in [2.24, 2.45) is 12.8 Å². The Hall–Kier alpha value is -1.27. The van der Waals surface area contributed by atoms with Crippen LogP contribution in [-0.4, -0.2) is 9.78 Å². The number of rotatable bonds is 4. The van der Waals surface area contributed by atoms with Gasteiger partial charge in [-0.15, -0.1) is 12.3 Å². The minimum absolute atomic E-state index is 0.0621. The number of nitrogens with zero attached hydrogens (tertiary/aromatic N) is 2. The minimum Gasteiger partial charge on any atom is -0.324 e. The van der Waals surface area contributed by atoms with Crippen LogP contribution in [0.5, 0.6) is 0 Å². The van der Waals surface area contributed by atoms with Gasteiger partial charge in [0.1, 0.15) is 0 Å². The van der Waals surface area contributed by atoms with E-state index in [0.29, 0.717) is 0 Å². The first-order valence-electron chi connectivity index (χ1n) is 5.27. The molecule has 0 aliphatic rings. The smallest absolute Gasteiger partial charge is 0.0644 e. The van der Waals surface area contributed by atoms with E-state index in [1.54, 1.807) is 0 Å². The van der Waals surface area contributed by atoms with Gasteiger partial charge in [0.15, 0.2) is 0 Å². The lowest BCUT2D eigenvalue weighted by Crippen LogP contribution is -2.12. The molecule has 0 saturated heterocycles. The van der Waals surface area contributed by atoms with E-state index in [0.717, 1.165) is 30.7 Å². The van der Waals surface area contributed by atoms with Crippen LogP contribution in [0, 0.1) is 26.2 Å². The largest absolute Gasteiger partial charge is 0.324 e. The summed E-state index contributed by atoms with van der Waals surface area (Å²) in [6.45, 7) is 4.06. The molecule has 0 fully saturated rings. The van der Waals surface area contributed by atoms with E-state index >= 15 is 0 Å². The maximum absolute atomic E-state index is 6.13. The van der Waals surface area contributed by atoms with Crippen LogP contribution in [-0.2, 0) is 7.05 Å². The van der Waals surface area contributed by atoms with Crippen LogP contribution in [0.2, 0.25) is 0 Å². The lowest BCUT2D eigenvalue weighted by Gasteiger charge is -2.11. The summed E-state index contributed by atoms with van der Waals surface area (Å²) in [4.78, 5) is 0. The molecule has 15 heavy (non-hydrogen) atoms. The number of hydrogen-bond acceptors (Lipinski definition) is 2. The van der Waals surface area contributed by atoms with Crippen LogP contribution >= 0.6 is 0 Å². The van der Waals surface area contributed by atoms with Crippen LogP contribution in [0.3, 0.4) is 0 Å². The van der Waals surface area contributed by atoms with Gasteiger partial charge in [0, 0.05) is 30.8 Å². The number of unbranched alkanes of at least 4 members (excludes halogenated alkanes) is 1. The molecule has 0 aliphatic carbocycles. The number of aromatic nitrogens is 2. The zero-order valence-electron chi connectivity index (χ0n) is 9.75. The van der Waals surface area contributed by atoms with Gasteiger partial charge in [0.2, 0.25) is 0 Å². The summed E-state index contributed by atoms with van der Waals surface area (Å²) in [5, 5.41) is 4.36. The fourth-order valence-electron chi connectivity index (χ4n) is 1.89. The second-order valence-corrected chi connectivity index (χ2v) is 3.91. The summed E-state index contributed by atoms with van der Waals surface area (Å²) >= 11 is 0. The van der Waals surface area contributed by atoms with Gasteiger partial charge < -0.3 is 5.73 Å². The van der Waals surface area contributed by atoms with E-state index in [9.17, 15) is 0 Å². The summed E-state index contributed by atoms with van der Waals surface area (Å²) < 4.78 is 1.88. The molecule has 1 atom stereocenters. The van der Waals surface area contributed by atoms with Crippen molar-refractivity contribution in [2.75, 3.05) is 0 Å². The highest BCUT2D eigenvalue weighted by molar-refractivity contribution is 5.27. The zero-order chi connectivity index (χ0) is 11.4. The van der Waals surface area contributed by atoms with Crippen molar-refractivity contribution in [3.05, 3.63) is 17.0 Å². The minimum atomic E-state index is 0.0621.